The van der Waals surface area contributed by atoms with Gasteiger partial charge >= 0.3 is 12.6 Å². The highest BCUT2D eigenvalue weighted by Crippen LogP contribution is 2.29. The van der Waals surface area contributed by atoms with Crippen LogP contribution in [0.15, 0.2) is 53.7 Å². The van der Waals surface area contributed by atoms with E-state index in [-0.39, 0.29) is 16.7 Å². The largest absolute Gasteiger partial charge is 0.351 e. The van der Waals surface area contributed by atoms with Crippen molar-refractivity contribution < 1.29 is 18.4 Å². The summed E-state index contributed by atoms with van der Waals surface area (Å²) in [6.45, 7) is -2.75. The number of carbonyl (C=O) groups is 2. The molecule has 0 unspecified atom stereocenters. The van der Waals surface area contributed by atoms with Crippen molar-refractivity contribution in [1.29, 1.82) is 0 Å². The van der Waals surface area contributed by atoms with Crippen LogP contribution < -0.4 is 11.1 Å². The van der Waals surface area contributed by atoms with Gasteiger partial charge in [0.2, 0.25) is 0 Å². The number of para-hydroxylation sites is 2. The van der Waals surface area contributed by atoms with Crippen LogP contribution in [0.5, 0.6) is 0 Å². The summed E-state index contributed by atoms with van der Waals surface area (Å²) in [5.74, 6) is -0.285. The summed E-state index contributed by atoms with van der Waals surface area (Å²) in [6.07, 6.45) is 0. The number of aromatic nitrogens is 2. The molecule has 0 saturated heterocycles. The van der Waals surface area contributed by atoms with E-state index in [1.54, 1.807) is 24.3 Å². The molecule has 0 atom stereocenters. The van der Waals surface area contributed by atoms with Crippen molar-refractivity contribution in [3.8, 4) is 0 Å². The predicted octanol–water partition coefficient (Wildman–Crippen LogP) is 3.90. The molecule has 1 heterocycles. The Kier molecular flexibility index (Phi) is 5.17. The first-order valence-corrected chi connectivity index (χ1v) is 8.52. The first-order chi connectivity index (χ1) is 12.5. The van der Waals surface area contributed by atoms with Gasteiger partial charge in [-0.25, -0.2) is 9.78 Å². The van der Waals surface area contributed by atoms with Gasteiger partial charge in [-0.05, 0) is 36.4 Å². The Balaban J connectivity index is 1.74. The average molecular weight is 376 g/mol. The van der Waals surface area contributed by atoms with E-state index in [0.29, 0.717) is 22.3 Å². The van der Waals surface area contributed by atoms with Crippen LogP contribution in [-0.4, -0.2) is 27.1 Å². The van der Waals surface area contributed by atoms with Crippen molar-refractivity contribution in [1.82, 2.24) is 9.55 Å². The number of rotatable bonds is 6. The second-order valence-electron chi connectivity index (χ2n) is 5.31. The first-order valence-electron chi connectivity index (χ1n) is 7.53. The average Bonchev–Trinajstić information content (AvgIpc) is 2.98. The summed E-state index contributed by atoms with van der Waals surface area (Å²) in [5.41, 5.74) is 6.64. The number of anilines is 1. The standard InChI is InChI=1S/C17H14F2N4O2S/c18-15(19)23-13-4-2-1-3-12(13)22-17(23)26-9-14(24)10-5-7-11(8-6-10)21-16(20)25/h1-8,15H,9H2,(H3,20,21,25). The highest BCUT2D eigenvalue weighted by atomic mass is 32.2. The quantitative estimate of drug-likeness (QED) is 0.504. The number of urea groups is 1. The lowest BCUT2D eigenvalue weighted by Gasteiger charge is -2.07. The molecule has 0 spiro atoms. The van der Waals surface area contributed by atoms with Crippen LogP contribution in [0.4, 0.5) is 19.3 Å². The van der Waals surface area contributed by atoms with Crippen molar-refractivity contribution in [3.63, 3.8) is 0 Å². The lowest BCUT2D eigenvalue weighted by atomic mass is 10.1. The van der Waals surface area contributed by atoms with Crippen LogP contribution in [0, 0.1) is 0 Å². The molecule has 3 rings (SSSR count). The topological polar surface area (TPSA) is 90.0 Å². The number of Topliss-reactive ketones (excluding diaryl/α,β-unsaturated/α-hetero) is 1. The number of primary amides is 1. The van der Waals surface area contributed by atoms with Gasteiger partial charge in [-0.1, -0.05) is 23.9 Å². The Hall–Kier alpha value is -2.94. The maximum Gasteiger partial charge on any atom is 0.321 e. The molecule has 0 fully saturated rings. The second-order valence-corrected chi connectivity index (χ2v) is 6.25. The lowest BCUT2D eigenvalue weighted by molar-refractivity contribution is 0.0656. The van der Waals surface area contributed by atoms with E-state index in [2.05, 4.69) is 10.3 Å². The number of alkyl halides is 2. The summed E-state index contributed by atoms with van der Waals surface area (Å²) in [6, 6.07) is 12.0. The molecule has 0 aliphatic rings. The number of nitrogens with zero attached hydrogens (tertiary/aromatic N) is 2. The molecule has 1 aromatic heterocycles. The van der Waals surface area contributed by atoms with Crippen LogP contribution in [0.3, 0.4) is 0 Å². The van der Waals surface area contributed by atoms with Crippen LogP contribution in [0.2, 0.25) is 0 Å². The normalized spacial score (nSPS) is 11.0. The third-order valence-corrected chi connectivity index (χ3v) is 4.52. The fourth-order valence-corrected chi connectivity index (χ4v) is 3.31. The molecule has 0 aliphatic carbocycles. The number of halogens is 2. The maximum absolute atomic E-state index is 13.4. The van der Waals surface area contributed by atoms with Gasteiger partial charge in [0.05, 0.1) is 16.8 Å². The summed E-state index contributed by atoms with van der Waals surface area (Å²) in [4.78, 5) is 27.2. The molecule has 6 nitrogen and oxygen atoms in total. The van der Waals surface area contributed by atoms with E-state index in [4.69, 9.17) is 5.73 Å². The predicted molar refractivity (Wildman–Crippen MR) is 95.7 cm³/mol. The zero-order valence-corrected chi connectivity index (χ0v) is 14.2. The van der Waals surface area contributed by atoms with E-state index >= 15 is 0 Å². The van der Waals surface area contributed by atoms with Crippen molar-refractivity contribution in [2.45, 2.75) is 11.7 Å². The number of nitrogens with one attached hydrogen (secondary N) is 1. The number of carbonyl (C=O) groups excluding carboxylic acids is 2. The molecule has 134 valence electrons. The van der Waals surface area contributed by atoms with E-state index in [9.17, 15) is 18.4 Å². The molecule has 2 aromatic carbocycles. The monoisotopic (exact) mass is 376 g/mol. The number of imidazole rings is 1. The van der Waals surface area contributed by atoms with E-state index in [1.807, 2.05) is 0 Å². The molecule has 0 aliphatic heterocycles. The number of fused-ring (bicyclic) bond motifs is 1. The minimum atomic E-state index is -2.75. The molecule has 26 heavy (non-hydrogen) atoms. The number of nitrogens with two attached hydrogens (primary N) is 1. The minimum absolute atomic E-state index is 0.0430. The van der Waals surface area contributed by atoms with Crippen LogP contribution in [0.25, 0.3) is 11.0 Å². The Bertz CT molecular complexity index is 957. The molecule has 2 amide bonds. The van der Waals surface area contributed by atoms with Crippen molar-refractivity contribution in [2.24, 2.45) is 5.73 Å². The smallest absolute Gasteiger partial charge is 0.321 e. The van der Waals surface area contributed by atoms with Crippen LogP contribution in [-0.2, 0) is 0 Å². The van der Waals surface area contributed by atoms with Crippen molar-refractivity contribution in [2.75, 3.05) is 11.1 Å². The van der Waals surface area contributed by atoms with E-state index in [1.165, 1.54) is 24.3 Å². The van der Waals surface area contributed by atoms with Crippen LogP contribution >= 0.6 is 11.8 Å². The summed E-state index contributed by atoms with van der Waals surface area (Å²) < 4.78 is 27.5. The van der Waals surface area contributed by atoms with Gasteiger partial charge in [0, 0.05) is 11.3 Å². The highest BCUT2D eigenvalue weighted by Gasteiger charge is 2.19. The van der Waals surface area contributed by atoms with Crippen molar-refractivity contribution in [3.05, 3.63) is 54.1 Å². The number of amides is 2. The summed E-state index contributed by atoms with van der Waals surface area (Å²) >= 11 is 0.951. The lowest BCUT2D eigenvalue weighted by Crippen LogP contribution is -2.19. The summed E-state index contributed by atoms with van der Waals surface area (Å²) in [5, 5.41) is 2.47. The molecule has 9 heteroatoms. The Morgan fingerprint density at radius 3 is 2.50 bits per heavy atom. The third-order valence-electron chi connectivity index (χ3n) is 3.57. The fraction of sp³-hybridized carbons (Fsp3) is 0.118. The van der Waals surface area contributed by atoms with Gasteiger partial charge in [0.25, 0.3) is 0 Å². The molecule has 0 radical (unpaired) electrons. The van der Waals surface area contributed by atoms with Crippen molar-refractivity contribution >= 4 is 40.3 Å². The number of hydrogen-bond donors (Lipinski definition) is 2. The van der Waals surface area contributed by atoms with Gasteiger partial charge in [-0.2, -0.15) is 8.78 Å². The van der Waals surface area contributed by atoms with Crippen LogP contribution in [0.1, 0.15) is 16.9 Å². The zero-order chi connectivity index (χ0) is 18.7. The molecular weight excluding hydrogens is 362 g/mol. The second kappa shape index (κ2) is 7.52. The van der Waals surface area contributed by atoms with Gasteiger partial charge in [0.15, 0.2) is 10.9 Å². The van der Waals surface area contributed by atoms with Gasteiger partial charge in [-0.3, -0.25) is 9.36 Å². The molecule has 0 bridgehead atoms. The Morgan fingerprint density at radius 1 is 1.15 bits per heavy atom. The zero-order valence-electron chi connectivity index (χ0n) is 13.4. The number of ketones is 1. The Morgan fingerprint density at radius 2 is 1.85 bits per heavy atom. The van der Waals surface area contributed by atoms with E-state index in [0.717, 1.165) is 16.3 Å². The molecule has 3 N–H and O–H groups in total. The molecular formula is C17H14F2N4O2S. The Labute approximate surface area is 151 Å². The first kappa shape index (κ1) is 17.9. The number of thioether (sulfide) groups is 1. The third kappa shape index (κ3) is 3.83. The van der Waals surface area contributed by atoms with Gasteiger partial charge < -0.3 is 11.1 Å². The van der Waals surface area contributed by atoms with Gasteiger partial charge in [0.1, 0.15) is 0 Å². The summed E-state index contributed by atoms with van der Waals surface area (Å²) in [7, 11) is 0. The number of benzene rings is 2. The minimum Gasteiger partial charge on any atom is -0.351 e. The number of hydrogen-bond acceptors (Lipinski definition) is 4. The van der Waals surface area contributed by atoms with Gasteiger partial charge in [-0.15, -0.1) is 0 Å². The molecule has 3 aromatic rings. The highest BCUT2D eigenvalue weighted by molar-refractivity contribution is 7.99. The van der Waals surface area contributed by atoms with E-state index < -0.39 is 12.6 Å². The fourth-order valence-electron chi connectivity index (χ4n) is 2.41. The maximum atomic E-state index is 13.4. The molecule has 0 saturated carbocycles. The SMILES string of the molecule is NC(=O)Nc1ccc(C(=O)CSc2nc3ccccc3n2C(F)F)cc1.